The molecule has 0 saturated carbocycles. The third-order valence-corrected chi connectivity index (χ3v) is 7.64. The molecule has 200 valence electrons. The molecule has 38 heavy (non-hydrogen) atoms. The molecule has 5 rings (SSSR count). The predicted octanol–water partition coefficient (Wildman–Crippen LogP) is 1.39. The van der Waals surface area contributed by atoms with Gasteiger partial charge in [-0.05, 0) is 38.9 Å². The Morgan fingerprint density at radius 3 is 2.74 bits per heavy atom. The van der Waals surface area contributed by atoms with Gasteiger partial charge < -0.3 is 25.7 Å². The monoisotopic (exact) mass is 538 g/mol. The molecule has 1 saturated heterocycles. The molecule has 2 amide bonds. The van der Waals surface area contributed by atoms with Crippen LogP contribution < -0.4 is 10.6 Å². The Morgan fingerprint density at radius 2 is 1.95 bits per heavy atom. The quantitative estimate of drug-likeness (QED) is 0.237. The van der Waals surface area contributed by atoms with Crippen LogP contribution in [-0.4, -0.2) is 90.2 Å². The number of amides is 2. The maximum absolute atomic E-state index is 13.2. The molecule has 5 heterocycles. The molecule has 0 bridgehead atoms. The van der Waals surface area contributed by atoms with E-state index in [1.165, 1.54) is 36.6 Å². The van der Waals surface area contributed by atoms with Gasteiger partial charge in [0, 0.05) is 37.2 Å². The van der Waals surface area contributed by atoms with Crippen molar-refractivity contribution >= 4 is 33.7 Å². The second-order valence-electron chi connectivity index (χ2n) is 9.31. The normalized spacial score (nSPS) is 14.7. The average Bonchev–Trinajstić information content (AvgIpc) is 3.70. The molecule has 1 unspecified atom stereocenters. The van der Waals surface area contributed by atoms with Crippen molar-refractivity contribution in [1.29, 1.82) is 0 Å². The van der Waals surface area contributed by atoms with Crippen LogP contribution in [0.3, 0.4) is 0 Å². The number of nitrogens with zero attached hydrogens (tertiary/aromatic N) is 6. The number of carbonyl (C=O) groups excluding carboxylic acids is 2. The van der Waals surface area contributed by atoms with E-state index in [1.807, 2.05) is 0 Å². The van der Waals surface area contributed by atoms with Gasteiger partial charge in [-0.1, -0.05) is 0 Å². The molecule has 0 spiro atoms. The van der Waals surface area contributed by atoms with Crippen LogP contribution in [0.5, 0.6) is 0 Å². The number of likely N-dealkylation sites (tertiary alicyclic amines) is 1. The van der Waals surface area contributed by atoms with E-state index < -0.39 is 6.10 Å². The minimum absolute atomic E-state index is 0.176. The van der Waals surface area contributed by atoms with E-state index >= 15 is 0 Å². The Labute approximate surface area is 222 Å². The molecule has 12 nitrogen and oxygen atoms in total. The van der Waals surface area contributed by atoms with Gasteiger partial charge in [0.25, 0.3) is 11.8 Å². The van der Waals surface area contributed by atoms with Crippen molar-refractivity contribution in [2.75, 3.05) is 38.1 Å². The molecule has 4 aromatic rings. The first-order chi connectivity index (χ1) is 18.4. The summed E-state index contributed by atoms with van der Waals surface area (Å²) < 4.78 is 3.18. The standard InChI is InChI=1S/C25H30N8O4S/c1-16-21(8-17(9-27-16)23(36)26-4-7-31-5-2-3-6-31)30-24(37)20-11-29-33-14-22(38-25(20)33)18-10-28-32(12-18)13-19(35)15-34/h8-12,14,19,34-35H,2-7,13,15H2,1H3,(H,26,36)(H,30,37). The number of aryl methyl sites for hydroxylation is 1. The molecular formula is C25H30N8O4S. The lowest BCUT2D eigenvalue weighted by molar-refractivity contribution is 0.0783. The summed E-state index contributed by atoms with van der Waals surface area (Å²) >= 11 is 1.38. The van der Waals surface area contributed by atoms with Gasteiger partial charge in [-0.3, -0.25) is 19.3 Å². The van der Waals surface area contributed by atoms with Crippen molar-refractivity contribution in [3.05, 3.63) is 53.9 Å². The third kappa shape index (κ3) is 5.75. The molecule has 1 aliphatic heterocycles. The molecular weight excluding hydrogens is 508 g/mol. The van der Waals surface area contributed by atoms with Gasteiger partial charge >= 0.3 is 0 Å². The topological polar surface area (TPSA) is 150 Å². The van der Waals surface area contributed by atoms with E-state index in [-0.39, 0.29) is 25.0 Å². The minimum Gasteiger partial charge on any atom is -0.394 e. The van der Waals surface area contributed by atoms with E-state index in [4.69, 9.17) is 5.11 Å². The van der Waals surface area contributed by atoms with E-state index in [2.05, 4.69) is 30.7 Å². The second-order valence-corrected chi connectivity index (χ2v) is 10.3. The highest BCUT2D eigenvalue weighted by Gasteiger charge is 2.19. The van der Waals surface area contributed by atoms with Crippen LogP contribution in [-0.2, 0) is 6.54 Å². The number of hydrogen-bond acceptors (Lipinski definition) is 9. The first kappa shape index (κ1) is 26.0. The van der Waals surface area contributed by atoms with Crippen molar-refractivity contribution in [3.8, 4) is 10.4 Å². The zero-order chi connectivity index (χ0) is 26.6. The summed E-state index contributed by atoms with van der Waals surface area (Å²) in [6.45, 7) is 5.13. The van der Waals surface area contributed by atoms with Crippen molar-refractivity contribution in [1.82, 2.24) is 34.6 Å². The number of hydrogen-bond donors (Lipinski definition) is 4. The van der Waals surface area contributed by atoms with Gasteiger partial charge in [0.05, 0.1) is 59.0 Å². The molecule has 0 radical (unpaired) electrons. The lowest BCUT2D eigenvalue weighted by atomic mass is 10.2. The average molecular weight is 539 g/mol. The maximum atomic E-state index is 13.2. The summed E-state index contributed by atoms with van der Waals surface area (Å²) in [5, 5.41) is 33.0. The number of rotatable bonds is 10. The van der Waals surface area contributed by atoms with E-state index in [0.29, 0.717) is 33.9 Å². The first-order valence-electron chi connectivity index (χ1n) is 12.5. The van der Waals surface area contributed by atoms with Gasteiger partial charge in [-0.2, -0.15) is 10.2 Å². The van der Waals surface area contributed by atoms with Crippen LogP contribution >= 0.6 is 11.3 Å². The number of thiazole rings is 1. The lowest BCUT2D eigenvalue weighted by Gasteiger charge is -2.15. The van der Waals surface area contributed by atoms with E-state index in [0.717, 1.165) is 30.1 Å². The summed E-state index contributed by atoms with van der Waals surface area (Å²) in [5.74, 6) is -0.582. The van der Waals surface area contributed by atoms with Crippen molar-refractivity contribution < 1.29 is 19.8 Å². The Bertz CT molecular complexity index is 1440. The SMILES string of the molecule is Cc1ncc(C(=O)NCCN2CCCC2)cc1NC(=O)c1cnn2cc(-c3cnn(CC(O)CO)c3)sc12. The molecule has 1 aliphatic rings. The van der Waals surface area contributed by atoms with Crippen molar-refractivity contribution in [2.45, 2.75) is 32.4 Å². The number of nitrogens with one attached hydrogen (secondary N) is 2. The number of carbonyl (C=O) groups is 2. The molecule has 4 aromatic heterocycles. The number of pyridine rings is 1. The van der Waals surface area contributed by atoms with E-state index in [9.17, 15) is 14.7 Å². The zero-order valence-electron chi connectivity index (χ0n) is 21.0. The van der Waals surface area contributed by atoms with Crippen molar-refractivity contribution in [3.63, 3.8) is 0 Å². The summed E-state index contributed by atoms with van der Waals surface area (Å²) in [6, 6.07) is 1.64. The first-order valence-corrected chi connectivity index (χ1v) is 13.3. The van der Waals surface area contributed by atoms with Crippen LogP contribution in [0, 0.1) is 6.92 Å². The Kier molecular flexibility index (Phi) is 7.79. The summed E-state index contributed by atoms with van der Waals surface area (Å²) in [7, 11) is 0. The molecule has 4 N–H and O–H groups in total. The Balaban J connectivity index is 1.27. The van der Waals surface area contributed by atoms with Gasteiger partial charge in [-0.15, -0.1) is 11.3 Å². The number of aliphatic hydroxyl groups excluding tert-OH is 2. The fraction of sp³-hybridized carbons (Fsp3) is 0.400. The Hall–Kier alpha value is -3.65. The molecule has 1 fully saturated rings. The number of aliphatic hydroxyl groups is 2. The zero-order valence-corrected chi connectivity index (χ0v) is 21.8. The van der Waals surface area contributed by atoms with Crippen LogP contribution in [0.2, 0.25) is 0 Å². The number of anilines is 1. The van der Waals surface area contributed by atoms with Crippen LogP contribution in [0.4, 0.5) is 5.69 Å². The predicted molar refractivity (Wildman–Crippen MR) is 142 cm³/mol. The van der Waals surface area contributed by atoms with Gasteiger partial charge in [0.1, 0.15) is 4.83 Å². The Morgan fingerprint density at radius 1 is 1.13 bits per heavy atom. The largest absolute Gasteiger partial charge is 0.394 e. The summed E-state index contributed by atoms with van der Waals surface area (Å²) in [4.78, 5) is 34.0. The molecule has 0 aromatic carbocycles. The summed E-state index contributed by atoms with van der Waals surface area (Å²) in [5.41, 5.74) is 2.64. The lowest BCUT2D eigenvalue weighted by Crippen LogP contribution is -2.33. The van der Waals surface area contributed by atoms with Gasteiger partial charge in [0.2, 0.25) is 0 Å². The minimum atomic E-state index is -0.892. The summed E-state index contributed by atoms with van der Waals surface area (Å²) in [6.07, 6.45) is 9.76. The smallest absolute Gasteiger partial charge is 0.260 e. The second kappa shape index (κ2) is 11.4. The van der Waals surface area contributed by atoms with Crippen molar-refractivity contribution in [2.24, 2.45) is 0 Å². The van der Waals surface area contributed by atoms with Crippen LogP contribution in [0.1, 0.15) is 39.3 Å². The highest BCUT2D eigenvalue weighted by atomic mass is 32.1. The van der Waals surface area contributed by atoms with Crippen LogP contribution in [0.25, 0.3) is 15.3 Å². The molecule has 13 heteroatoms. The highest BCUT2D eigenvalue weighted by molar-refractivity contribution is 7.21. The van der Waals surface area contributed by atoms with Gasteiger partial charge in [-0.25, -0.2) is 4.52 Å². The number of fused-ring (bicyclic) bond motifs is 1. The fourth-order valence-electron chi connectivity index (χ4n) is 4.35. The molecule has 0 aliphatic carbocycles. The highest BCUT2D eigenvalue weighted by Crippen LogP contribution is 2.30. The van der Waals surface area contributed by atoms with E-state index in [1.54, 1.807) is 40.8 Å². The number of aromatic nitrogens is 5. The molecule has 1 atom stereocenters. The fourth-order valence-corrected chi connectivity index (χ4v) is 5.38. The van der Waals surface area contributed by atoms with Crippen LogP contribution in [0.15, 0.2) is 37.1 Å². The third-order valence-electron chi connectivity index (χ3n) is 6.48. The maximum Gasteiger partial charge on any atom is 0.260 e. The van der Waals surface area contributed by atoms with Gasteiger partial charge in [0.15, 0.2) is 0 Å².